The number of hydrogen-bond donors (Lipinski definition) is 1. The highest BCUT2D eigenvalue weighted by Crippen LogP contribution is 2.26. The van der Waals surface area contributed by atoms with Crippen molar-refractivity contribution in [2.75, 3.05) is 32.4 Å². The molecule has 0 spiro atoms. The number of rotatable bonds is 6. The molecule has 1 heterocycles. The number of benzene rings is 2. The fourth-order valence-electron chi connectivity index (χ4n) is 3.55. The molecule has 0 unspecified atom stereocenters. The average Bonchev–Trinajstić information content (AvgIpc) is 3.15. The number of halogens is 3. The zero-order valence-electron chi connectivity index (χ0n) is 15.9. The van der Waals surface area contributed by atoms with Crippen molar-refractivity contribution >= 4 is 47.2 Å². The van der Waals surface area contributed by atoms with E-state index in [4.69, 9.17) is 28.9 Å². The summed E-state index contributed by atoms with van der Waals surface area (Å²) in [5, 5.41) is 0.960. The van der Waals surface area contributed by atoms with Crippen molar-refractivity contribution in [3.05, 3.63) is 63.6 Å². The van der Waals surface area contributed by atoms with Crippen LogP contribution in [0.4, 0.5) is 5.69 Å². The van der Waals surface area contributed by atoms with Crippen molar-refractivity contribution in [3.8, 4) is 0 Å². The molecule has 0 bridgehead atoms. The fraction of sp³-hybridized carbons (Fsp3) is 0.381. The Labute approximate surface area is 183 Å². The molecule has 152 valence electrons. The Morgan fingerprint density at radius 1 is 1.14 bits per heavy atom. The number of anilines is 1. The number of nitrogens with zero attached hydrogens (tertiary/aromatic N) is 2. The highest BCUT2D eigenvalue weighted by molar-refractivity contribution is 6.42. The quantitative estimate of drug-likeness (QED) is 0.652. The van der Waals surface area contributed by atoms with Gasteiger partial charge in [0.2, 0.25) is 5.91 Å². The van der Waals surface area contributed by atoms with Crippen molar-refractivity contribution in [1.29, 1.82) is 0 Å². The van der Waals surface area contributed by atoms with E-state index in [2.05, 4.69) is 4.90 Å². The van der Waals surface area contributed by atoms with E-state index in [1.54, 1.807) is 12.1 Å². The topological polar surface area (TPSA) is 49.6 Å². The maximum absolute atomic E-state index is 13.0. The van der Waals surface area contributed by atoms with E-state index in [1.165, 1.54) is 12.8 Å². The average molecular weight is 443 g/mol. The summed E-state index contributed by atoms with van der Waals surface area (Å²) in [4.78, 5) is 17.2. The van der Waals surface area contributed by atoms with E-state index < -0.39 is 0 Å². The number of carbonyl (C=O) groups excluding carboxylic acids is 1. The summed E-state index contributed by atoms with van der Waals surface area (Å²) in [7, 11) is 1.86. The van der Waals surface area contributed by atoms with Crippen LogP contribution in [-0.4, -0.2) is 42.4 Å². The van der Waals surface area contributed by atoms with E-state index in [-0.39, 0.29) is 30.8 Å². The number of hydrogen-bond acceptors (Lipinski definition) is 3. The lowest BCUT2D eigenvalue weighted by Crippen LogP contribution is -2.39. The van der Waals surface area contributed by atoms with Crippen molar-refractivity contribution in [3.63, 3.8) is 0 Å². The van der Waals surface area contributed by atoms with Gasteiger partial charge in [-0.1, -0.05) is 41.4 Å². The molecule has 4 nitrogen and oxygen atoms in total. The van der Waals surface area contributed by atoms with Gasteiger partial charge in [-0.2, -0.15) is 0 Å². The summed E-state index contributed by atoms with van der Waals surface area (Å²) in [6.07, 6.45) is 2.71. The summed E-state index contributed by atoms with van der Waals surface area (Å²) < 4.78 is 0. The molecular formula is C21H26Cl3N3O. The normalized spacial score (nSPS) is 15.1. The summed E-state index contributed by atoms with van der Waals surface area (Å²) >= 11 is 12.1. The number of likely N-dealkylation sites (N-methyl/N-ethyl adjacent to an activating group) is 1. The van der Waals surface area contributed by atoms with Gasteiger partial charge in [0.25, 0.3) is 0 Å². The second kappa shape index (κ2) is 10.4. The van der Waals surface area contributed by atoms with Crippen LogP contribution in [0, 0.1) is 0 Å². The second-order valence-electron chi connectivity index (χ2n) is 7.12. The smallest absolute Gasteiger partial charge is 0.227 e. The van der Waals surface area contributed by atoms with Gasteiger partial charge in [0, 0.05) is 19.3 Å². The molecule has 0 aromatic heterocycles. The molecule has 2 aromatic rings. The van der Waals surface area contributed by atoms with Gasteiger partial charge < -0.3 is 15.5 Å². The zero-order valence-corrected chi connectivity index (χ0v) is 18.2. The van der Waals surface area contributed by atoms with E-state index in [0.29, 0.717) is 15.7 Å². The van der Waals surface area contributed by atoms with Gasteiger partial charge in [0.05, 0.1) is 22.5 Å². The number of carbonyl (C=O) groups is 1. The maximum atomic E-state index is 13.0. The zero-order chi connectivity index (χ0) is 19.4. The van der Waals surface area contributed by atoms with Gasteiger partial charge >= 0.3 is 0 Å². The van der Waals surface area contributed by atoms with Crippen molar-refractivity contribution in [2.45, 2.75) is 25.3 Å². The van der Waals surface area contributed by atoms with Gasteiger partial charge in [0.1, 0.15) is 0 Å². The summed E-state index contributed by atoms with van der Waals surface area (Å²) in [6.45, 7) is 2.97. The molecule has 0 radical (unpaired) electrons. The summed E-state index contributed by atoms with van der Waals surface area (Å²) in [5.41, 5.74) is 8.62. The SMILES string of the molecule is CN(C(=O)Cc1ccc(Cl)c(Cl)c1)[C@@H](CN1CCCC1)c1cccc(N)c1.Cl. The van der Waals surface area contributed by atoms with Crippen LogP contribution in [-0.2, 0) is 11.2 Å². The van der Waals surface area contributed by atoms with Crippen molar-refractivity contribution in [2.24, 2.45) is 0 Å². The molecule has 1 atom stereocenters. The third-order valence-corrected chi connectivity index (χ3v) is 5.86. The van der Waals surface area contributed by atoms with Crippen LogP contribution in [0.25, 0.3) is 0 Å². The monoisotopic (exact) mass is 441 g/mol. The number of nitrogens with two attached hydrogens (primary N) is 1. The first kappa shape index (κ1) is 22.8. The third-order valence-electron chi connectivity index (χ3n) is 5.13. The lowest BCUT2D eigenvalue weighted by molar-refractivity contribution is -0.131. The van der Waals surface area contributed by atoms with Crippen LogP contribution in [0.5, 0.6) is 0 Å². The minimum absolute atomic E-state index is 0. The standard InChI is InChI=1S/C21H25Cl2N3O.ClH/c1-25(21(27)12-15-7-8-18(22)19(23)11-15)20(14-26-9-2-3-10-26)16-5-4-6-17(24)13-16;/h4-8,11,13,20H,2-3,9-10,12,14,24H2,1H3;1H/t20-;/m0./s1. The molecule has 0 aliphatic carbocycles. The first-order valence-electron chi connectivity index (χ1n) is 9.21. The molecule has 3 rings (SSSR count). The molecule has 0 saturated carbocycles. The number of nitrogen functional groups attached to an aromatic ring is 1. The predicted molar refractivity (Wildman–Crippen MR) is 119 cm³/mol. The maximum Gasteiger partial charge on any atom is 0.227 e. The molecule has 1 saturated heterocycles. The van der Waals surface area contributed by atoms with Gasteiger partial charge in [-0.25, -0.2) is 0 Å². The molecular weight excluding hydrogens is 417 g/mol. The van der Waals surface area contributed by atoms with Crippen LogP contribution in [0.1, 0.15) is 30.0 Å². The van der Waals surface area contributed by atoms with E-state index in [9.17, 15) is 4.79 Å². The second-order valence-corrected chi connectivity index (χ2v) is 7.94. The fourth-order valence-corrected chi connectivity index (χ4v) is 3.87. The summed E-state index contributed by atoms with van der Waals surface area (Å²) in [5.74, 6) is 0.0417. The highest BCUT2D eigenvalue weighted by Gasteiger charge is 2.26. The molecule has 2 N–H and O–H groups in total. The lowest BCUT2D eigenvalue weighted by Gasteiger charge is -2.32. The van der Waals surface area contributed by atoms with Gasteiger partial charge in [-0.15, -0.1) is 12.4 Å². The van der Waals surface area contributed by atoms with Crippen LogP contribution in [0.2, 0.25) is 10.0 Å². The predicted octanol–water partition coefficient (Wildman–Crippen LogP) is 4.84. The van der Waals surface area contributed by atoms with E-state index >= 15 is 0 Å². The Kier molecular flexibility index (Phi) is 8.44. The first-order valence-corrected chi connectivity index (χ1v) is 9.97. The minimum atomic E-state index is -0.0399. The number of amides is 1. The highest BCUT2D eigenvalue weighted by atomic mass is 35.5. The molecule has 1 amide bonds. The molecule has 7 heteroatoms. The van der Waals surface area contributed by atoms with Crippen LogP contribution < -0.4 is 5.73 Å². The van der Waals surface area contributed by atoms with Gasteiger partial charge in [-0.05, 0) is 61.3 Å². The largest absolute Gasteiger partial charge is 0.399 e. The Bertz CT molecular complexity index is 809. The summed E-state index contributed by atoms with van der Waals surface area (Å²) in [6, 6.07) is 13.1. The Balaban J connectivity index is 0.00000280. The Hall–Kier alpha value is -1.46. The lowest BCUT2D eigenvalue weighted by atomic mass is 10.0. The van der Waals surface area contributed by atoms with Gasteiger partial charge in [-0.3, -0.25) is 4.79 Å². The van der Waals surface area contributed by atoms with Crippen molar-refractivity contribution in [1.82, 2.24) is 9.80 Å². The van der Waals surface area contributed by atoms with Crippen molar-refractivity contribution < 1.29 is 4.79 Å². The molecule has 1 aliphatic heterocycles. The molecule has 1 fully saturated rings. The van der Waals surface area contributed by atoms with Crippen LogP contribution in [0.3, 0.4) is 0 Å². The van der Waals surface area contributed by atoms with E-state index in [0.717, 1.165) is 30.8 Å². The first-order chi connectivity index (χ1) is 12.9. The minimum Gasteiger partial charge on any atom is -0.399 e. The molecule has 2 aromatic carbocycles. The number of likely N-dealkylation sites (tertiary alicyclic amines) is 1. The van der Waals surface area contributed by atoms with Crippen LogP contribution in [0.15, 0.2) is 42.5 Å². The Morgan fingerprint density at radius 3 is 2.50 bits per heavy atom. The molecule has 28 heavy (non-hydrogen) atoms. The Morgan fingerprint density at radius 2 is 1.86 bits per heavy atom. The third kappa shape index (κ3) is 5.77. The molecule has 1 aliphatic rings. The van der Waals surface area contributed by atoms with Crippen LogP contribution >= 0.6 is 35.6 Å². The van der Waals surface area contributed by atoms with E-state index in [1.807, 2.05) is 42.3 Å². The van der Waals surface area contributed by atoms with Gasteiger partial charge in [0.15, 0.2) is 0 Å².